The molecule has 7 nitrogen and oxygen atoms in total. The highest BCUT2D eigenvalue weighted by molar-refractivity contribution is 5.78. The number of carbonyl (C=O) groups excluding carboxylic acids is 1. The number of hydrogen-bond donors (Lipinski definition) is 0. The molecular weight excluding hydrogens is 366 g/mol. The first kappa shape index (κ1) is 18.0. The summed E-state index contributed by atoms with van der Waals surface area (Å²) in [7, 11) is 0. The molecule has 148 valence electrons. The third kappa shape index (κ3) is 3.20. The highest BCUT2D eigenvalue weighted by Crippen LogP contribution is 2.44. The Hall–Kier alpha value is -3.09. The fourth-order valence-corrected chi connectivity index (χ4v) is 4.67. The van der Waals surface area contributed by atoms with Gasteiger partial charge in [-0.3, -0.25) is 4.79 Å². The zero-order valence-electron chi connectivity index (χ0n) is 16.5. The highest BCUT2D eigenvalue weighted by atomic mass is 16.6. The molecule has 5 rings (SSSR count). The normalized spacial score (nSPS) is 20.8. The average molecular weight is 389 g/mol. The molecule has 1 amide bonds. The molecule has 3 heterocycles. The Morgan fingerprint density at radius 2 is 2.07 bits per heavy atom. The number of carbonyl (C=O) groups is 1. The lowest BCUT2D eigenvalue weighted by atomic mass is 9.77. The summed E-state index contributed by atoms with van der Waals surface area (Å²) in [5, 5.41) is 7.65. The van der Waals surface area contributed by atoms with Gasteiger partial charge in [-0.15, -0.1) is 0 Å². The second-order valence-corrected chi connectivity index (χ2v) is 8.11. The molecule has 2 aromatic heterocycles. The number of fused-ring (bicyclic) bond motifs is 2. The number of aromatic nitrogens is 4. The topological polar surface area (TPSA) is 85.0 Å². The van der Waals surface area contributed by atoms with Gasteiger partial charge in [0.1, 0.15) is 11.4 Å². The number of benzene rings is 1. The zero-order chi connectivity index (χ0) is 19.8. The highest BCUT2D eigenvalue weighted by Gasteiger charge is 2.44. The van der Waals surface area contributed by atoms with Crippen LogP contribution in [0.25, 0.3) is 11.4 Å². The molecule has 1 aliphatic heterocycles. The fourth-order valence-electron chi connectivity index (χ4n) is 4.67. The van der Waals surface area contributed by atoms with Gasteiger partial charge in [0.05, 0.1) is 12.1 Å². The molecule has 1 saturated heterocycles. The van der Waals surface area contributed by atoms with Crippen molar-refractivity contribution < 1.29 is 9.42 Å². The molecule has 1 fully saturated rings. The summed E-state index contributed by atoms with van der Waals surface area (Å²) in [5.74, 6) is 0.840. The number of amides is 1. The Labute approximate surface area is 169 Å². The van der Waals surface area contributed by atoms with Crippen LogP contribution in [0, 0.1) is 6.92 Å². The van der Waals surface area contributed by atoms with Crippen LogP contribution in [0.1, 0.15) is 41.9 Å². The van der Waals surface area contributed by atoms with Crippen molar-refractivity contribution in [3.63, 3.8) is 0 Å². The Morgan fingerprint density at radius 3 is 2.86 bits per heavy atom. The van der Waals surface area contributed by atoms with Crippen molar-refractivity contribution >= 4 is 5.91 Å². The maximum Gasteiger partial charge on any atom is 0.228 e. The Morgan fingerprint density at radius 1 is 1.21 bits per heavy atom. The monoisotopic (exact) mass is 389 g/mol. The summed E-state index contributed by atoms with van der Waals surface area (Å²) in [4.78, 5) is 24.5. The van der Waals surface area contributed by atoms with E-state index in [9.17, 15) is 4.79 Å². The minimum Gasteiger partial charge on any atom is -0.341 e. The van der Waals surface area contributed by atoms with Crippen LogP contribution >= 0.6 is 0 Å². The SMILES string of the molecule is Cc1nonc1CC(=O)N1CCCC2(CCc3cnc(-c4ccccc4)nc32)C1. The molecular formula is C22H23N5O2. The number of likely N-dealkylation sites (tertiary alicyclic amines) is 1. The van der Waals surface area contributed by atoms with Gasteiger partial charge in [-0.25, -0.2) is 14.6 Å². The summed E-state index contributed by atoms with van der Waals surface area (Å²) < 4.78 is 4.74. The second-order valence-electron chi connectivity index (χ2n) is 8.11. The van der Waals surface area contributed by atoms with Crippen LogP contribution in [-0.4, -0.2) is 44.2 Å². The van der Waals surface area contributed by atoms with Crippen molar-refractivity contribution in [2.75, 3.05) is 13.1 Å². The summed E-state index contributed by atoms with van der Waals surface area (Å²) in [6.07, 6.45) is 6.23. The molecule has 2 aliphatic rings. The lowest BCUT2D eigenvalue weighted by Gasteiger charge is -2.40. The van der Waals surface area contributed by atoms with Gasteiger partial charge in [0.15, 0.2) is 5.82 Å². The number of rotatable bonds is 3. The van der Waals surface area contributed by atoms with Gasteiger partial charge in [-0.2, -0.15) is 0 Å². The molecule has 0 N–H and O–H groups in total. The standard InChI is InChI=1S/C22H23N5O2/c1-15-18(26-29-25-15)12-19(28)27-11-5-9-22(14-27)10-8-17-13-23-21(24-20(17)22)16-6-3-2-4-7-16/h2-4,6-7,13H,5,8-12,14H2,1H3. The van der Waals surface area contributed by atoms with Crippen molar-refractivity contribution in [1.29, 1.82) is 0 Å². The molecule has 7 heteroatoms. The largest absolute Gasteiger partial charge is 0.341 e. The number of nitrogens with zero attached hydrogens (tertiary/aromatic N) is 5. The third-order valence-corrected chi connectivity index (χ3v) is 6.27. The van der Waals surface area contributed by atoms with Crippen LogP contribution in [0.15, 0.2) is 41.2 Å². The van der Waals surface area contributed by atoms with Gasteiger partial charge in [0.2, 0.25) is 5.91 Å². The quantitative estimate of drug-likeness (QED) is 0.685. The van der Waals surface area contributed by atoms with E-state index in [1.54, 1.807) is 0 Å². The first-order valence-electron chi connectivity index (χ1n) is 10.1. The van der Waals surface area contributed by atoms with E-state index in [0.29, 0.717) is 17.9 Å². The van der Waals surface area contributed by atoms with Crippen LogP contribution in [0.3, 0.4) is 0 Å². The molecule has 29 heavy (non-hydrogen) atoms. The Kier molecular flexibility index (Phi) is 4.38. The first-order valence-corrected chi connectivity index (χ1v) is 10.1. The van der Waals surface area contributed by atoms with Gasteiger partial charge < -0.3 is 4.90 Å². The Balaban J connectivity index is 1.42. The smallest absolute Gasteiger partial charge is 0.228 e. The summed E-state index contributed by atoms with van der Waals surface area (Å²) in [6.45, 7) is 3.29. The molecule has 0 radical (unpaired) electrons. The van der Waals surface area contributed by atoms with E-state index < -0.39 is 0 Å². The van der Waals surface area contributed by atoms with E-state index in [-0.39, 0.29) is 17.7 Å². The molecule has 0 saturated carbocycles. The number of aryl methyl sites for hydroxylation is 2. The van der Waals surface area contributed by atoms with Crippen molar-refractivity contribution in [1.82, 2.24) is 25.2 Å². The van der Waals surface area contributed by atoms with Gasteiger partial charge in [0.25, 0.3) is 0 Å². The molecule has 1 atom stereocenters. The lowest BCUT2D eigenvalue weighted by molar-refractivity contribution is -0.132. The van der Waals surface area contributed by atoms with Crippen molar-refractivity contribution in [3.05, 3.63) is 59.2 Å². The van der Waals surface area contributed by atoms with Crippen LogP contribution < -0.4 is 0 Å². The van der Waals surface area contributed by atoms with E-state index in [0.717, 1.165) is 49.3 Å². The average Bonchev–Trinajstić information content (AvgIpc) is 3.32. The number of piperidine rings is 1. The van der Waals surface area contributed by atoms with Crippen molar-refractivity contribution in [2.24, 2.45) is 0 Å². The molecule has 0 bridgehead atoms. The minimum atomic E-state index is -0.0766. The molecule has 1 aromatic carbocycles. The predicted molar refractivity (Wildman–Crippen MR) is 106 cm³/mol. The van der Waals surface area contributed by atoms with Crippen molar-refractivity contribution in [2.45, 2.75) is 44.4 Å². The Bertz CT molecular complexity index is 1040. The maximum absolute atomic E-state index is 12.9. The van der Waals surface area contributed by atoms with Crippen LogP contribution in [-0.2, 0) is 23.1 Å². The second kappa shape index (κ2) is 7.06. The predicted octanol–water partition coefficient (Wildman–Crippen LogP) is 2.88. The third-order valence-electron chi connectivity index (χ3n) is 6.27. The molecule has 1 unspecified atom stereocenters. The lowest BCUT2D eigenvalue weighted by Crippen LogP contribution is -2.48. The first-order chi connectivity index (χ1) is 14.1. The summed E-state index contributed by atoms with van der Waals surface area (Å²) in [6, 6.07) is 10.1. The van der Waals surface area contributed by atoms with Gasteiger partial charge >= 0.3 is 0 Å². The van der Waals surface area contributed by atoms with Gasteiger partial charge in [0, 0.05) is 30.3 Å². The van der Waals surface area contributed by atoms with E-state index in [1.807, 2.05) is 48.4 Å². The zero-order valence-corrected chi connectivity index (χ0v) is 16.5. The van der Waals surface area contributed by atoms with Crippen LogP contribution in [0.2, 0.25) is 0 Å². The van der Waals surface area contributed by atoms with E-state index >= 15 is 0 Å². The summed E-state index contributed by atoms with van der Waals surface area (Å²) in [5.41, 5.74) is 4.59. The molecule has 1 spiro atoms. The van der Waals surface area contributed by atoms with Gasteiger partial charge in [-0.1, -0.05) is 40.6 Å². The van der Waals surface area contributed by atoms with Crippen LogP contribution in [0.4, 0.5) is 0 Å². The minimum absolute atomic E-state index is 0.0766. The van der Waals surface area contributed by atoms with Crippen LogP contribution in [0.5, 0.6) is 0 Å². The number of hydrogen-bond acceptors (Lipinski definition) is 6. The van der Waals surface area contributed by atoms with E-state index in [4.69, 9.17) is 9.61 Å². The maximum atomic E-state index is 12.9. The van der Waals surface area contributed by atoms with Gasteiger partial charge in [-0.05, 0) is 38.2 Å². The van der Waals surface area contributed by atoms with Crippen molar-refractivity contribution in [3.8, 4) is 11.4 Å². The molecule has 1 aliphatic carbocycles. The fraction of sp³-hybridized carbons (Fsp3) is 0.409. The molecule has 3 aromatic rings. The van der Waals surface area contributed by atoms with E-state index in [2.05, 4.69) is 15.3 Å². The summed E-state index contributed by atoms with van der Waals surface area (Å²) >= 11 is 0. The van der Waals surface area contributed by atoms with E-state index in [1.165, 1.54) is 5.56 Å².